The molecule has 160 valence electrons. The third-order valence-corrected chi connectivity index (χ3v) is 5.05. The smallest absolute Gasteiger partial charge is 0.265 e. The minimum atomic E-state index is -0.661. The zero-order valence-electron chi connectivity index (χ0n) is 18.2. The zero-order chi connectivity index (χ0) is 22.2. The van der Waals surface area contributed by atoms with Crippen LogP contribution in [0, 0.1) is 6.92 Å². The van der Waals surface area contributed by atoms with Crippen LogP contribution >= 0.6 is 0 Å². The lowest BCUT2D eigenvalue weighted by Gasteiger charge is -2.21. The third kappa shape index (κ3) is 5.72. The molecule has 0 fully saturated rings. The molecule has 0 aliphatic heterocycles. The number of hydrogen-bond acceptors (Lipinski definition) is 3. The summed E-state index contributed by atoms with van der Waals surface area (Å²) >= 11 is 0. The Labute approximate surface area is 183 Å². The lowest BCUT2D eigenvalue weighted by Crippen LogP contribution is -2.34. The molecule has 0 radical (unpaired) electrons. The van der Waals surface area contributed by atoms with Gasteiger partial charge in [-0.05, 0) is 42.7 Å². The van der Waals surface area contributed by atoms with E-state index in [0.29, 0.717) is 30.0 Å². The second-order valence-corrected chi connectivity index (χ2v) is 7.46. The molecule has 3 aromatic rings. The molecule has 3 aromatic carbocycles. The van der Waals surface area contributed by atoms with Crippen LogP contribution in [0.5, 0.6) is 5.75 Å². The minimum absolute atomic E-state index is 0.160. The van der Waals surface area contributed by atoms with E-state index in [1.807, 2.05) is 68.4 Å². The van der Waals surface area contributed by atoms with Crippen molar-refractivity contribution < 1.29 is 14.3 Å². The molecule has 0 aliphatic rings. The summed E-state index contributed by atoms with van der Waals surface area (Å²) in [5.74, 6) is 0.237. The molecule has 0 aliphatic carbocycles. The van der Waals surface area contributed by atoms with Crippen molar-refractivity contribution in [3.05, 3.63) is 95.6 Å². The Kier molecular flexibility index (Phi) is 7.44. The van der Waals surface area contributed by atoms with Crippen molar-refractivity contribution in [2.24, 2.45) is 0 Å². The van der Waals surface area contributed by atoms with Crippen LogP contribution in [0.2, 0.25) is 0 Å². The first-order valence-electron chi connectivity index (χ1n) is 10.4. The van der Waals surface area contributed by atoms with Gasteiger partial charge in [-0.3, -0.25) is 9.59 Å². The summed E-state index contributed by atoms with van der Waals surface area (Å²) < 4.78 is 5.95. The van der Waals surface area contributed by atoms with Crippen LogP contribution < -0.4 is 10.1 Å². The van der Waals surface area contributed by atoms with Crippen LogP contribution in [-0.2, 0) is 11.3 Å². The molecule has 3 rings (SSSR count). The van der Waals surface area contributed by atoms with E-state index in [0.717, 1.165) is 11.1 Å². The number of anilines is 1. The van der Waals surface area contributed by atoms with Crippen LogP contribution in [0.1, 0.15) is 34.8 Å². The van der Waals surface area contributed by atoms with Gasteiger partial charge >= 0.3 is 0 Å². The summed E-state index contributed by atoms with van der Waals surface area (Å²) in [5, 5.41) is 2.89. The highest BCUT2D eigenvalue weighted by Crippen LogP contribution is 2.22. The third-order valence-electron chi connectivity index (χ3n) is 5.05. The maximum atomic E-state index is 13.1. The van der Waals surface area contributed by atoms with Gasteiger partial charge < -0.3 is 15.0 Å². The highest BCUT2D eigenvalue weighted by molar-refractivity contribution is 6.04. The zero-order valence-corrected chi connectivity index (χ0v) is 18.2. The highest BCUT2D eigenvalue weighted by atomic mass is 16.5. The molecule has 0 spiro atoms. The average Bonchev–Trinajstić information content (AvgIpc) is 2.79. The number of nitrogens with zero attached hydrogens (tertiary/aromatic N) is 1. The van der Waals surface area contributed by atoms with Crippen LogP contribution in [0.3, 0.4) is 0 Å². The van der Waals surface area contributed by atoms with Gasteiger partial charge in [0.1, 0.15) is 5.75 Å². The Morgan fingerprint density at radius 2 is 1.58 bits per heavy atom. The largest absolute Gasteiger partial charge is 0.480 e. The van der Waals surface area contributed by atoms with Crippen LogP contribution in [0.25, 0.3) is 0 Å². The SMILES string of the molecule is CCC(Oc1ccccc1C)C(=O)Nc1ccccc1C(=O)N(C)Cc1ccccc1. The van der Waals surface area contributed by atoms with E-state index < -0.39 is 6.10 Å². The van der Waals surface area contributed by atoms with Crippen molar-refractivity contribution in [1.29, 1.82) is 0 Å². The van der Waals surface area contributed by atoms with Gasteiger partial charge in [0.15, 0.2) is 6.10 Å². The lowest BCUT2D eigenvalue weighted by atomic mass is 10.1. The molecular formula is C26H28N2O3. The monoisotopic (exact) mass is 416 g/mol. The van der Waals surface area contributed by atoms with Gasteiger partial charge in [0.05, 0.1) is 11.3 Å². The van der Waals surface area contributed by atoms with Gasteiger partial charge in [-0.15, -0.1) is 0 Å². The number of hydrogen-bond donors (Lipinski definition) is 1. The Bertz CT molecular complexity index is 1030. The van der Waals surface area contributed by atoms with E-state index in [1.54, 1.807) is 36.2 Å². The molecule has 0 saturated carbocycles. The molecular weight excluding hydrogens is 388 g/mol. The van der Waals surface area contributed by atoms with Crippen molar-refractivity contribution in [2.45, 2.75) is 32.9 Å². The topological polar surface area (TPSA) is 58.6 Å². The number of carbonyl (C=O) groups excluding carboxylic acids is 2. The van der Waals surface area contributed by atoms with Crippen molar-refractivity contribution in [3.8, 4) is 5.75 Å². The van der Waals surface area contributed by atoms with Crippen LogP contribution in [-0.4, -0.2) is 29.9 Å². The Hall–Kier alpha value is -3.60. The first-order chi connectivity index (χ1) is 15.0. The molecule has 5 nitrogen and oxygen atoms in total. The van der Waals surface area contributed by atoms with Gasteiger partial charge in [-0.1, -0.05) is 67.6 Å². The lowest BCUT2D eigenvalue weighted by molar-refractivity contribution is -0.122. The van der Waals surface area contributed by atoms with E-state index in [2.05, 4.69) is 5.32 Å². The van der Waals surface area contributed by atoms with E-state index in [-0.39, 0.29) is 11.8 Å². The summed E-state index contributed by atoms with van der Waals surface area (Å²) in [6.07, 6.45) is -0.157. The van der Waals surface area contributed by atoms with Crippen LogP contribution in [0.15, 0.2) is 78.9 Å². The molecule has 1 atom stereocenters. The summed E-state index contributed by atoms with van der Waals surface area (Å²) in [4.78, 5) is 27.6. The number of nitrogens with one attached hydrogen (secondary N) is 1. The Morgan fingerprint density at radius 3 is 2.29 bits per heavy atom. The number of benzene rings is 3. The molecule has 0 aromatic heterocycles. The molecule has 0 saturated heterocycles. The predicted octanol–water partition coefficient (Wildman–Crippen LogP) is 5.06. The van der Waals surface area contributed by atoms with Gasteiger partial charge in [-0.25, -0.2) is 0 Å². The number of ether oxygens (including phenoxy) is 1. The fourth-order valence-corrected chi connectivity index (χ4v) is 3.29. The number of amides is 2. The minimum Gasteiger partial charge on any atom is -0.480 e. The molecule has 0 bridgehead atoms. The van der Waals surface area contributed by atoms with E-state index in [9.17, 15) is 9.59 Å². The molecule has 1 N–H and O–H groups in total. The van der Waals surface area contributed by atoms with Crippen LogP contribution in [0.4, 0.5) is 5.69 Å². The first-order valence-corrected chi connectivity index (χ1v) is 10.4. The number of rotatable bonds is 8. The van der Waals surface area contributed by atoms with Crippen molar-refractivity contribution in [1.82, 2.24) is 4.90 Å². The standard InChI is InChI=1S/C26H28N2O3/c1-4-23(31-24-17-11-8-12-19(24)2)25(29)27-22-16-10-9-15-21(22)26(30)28(3)18-20-13-6-5-7-14-20/h5-17,23H,4,18H2,1-3H3,(H,27,29). The second kappa shape index (κ2) is 10.4. The van der Waals surface area contributed by atoms with E-state index >= 15 is 0 Å². The van der Waals surface area contributed by atoms with E-state index in [1.165, 1.54) is 0 Å². The molecule has 0 heterocycles. The van der Waals surface area contributed by atoms with Gasteiger partial charge in [-0.2, -0.15) is 0 Å². The quantitative estimate of drug-likeness (QED) is 0.558. The predicted molar refractivity (Wildman–Crippen MR) is 123 cm³/mol. The first kappa shape index (κ1) is 22.1. The summed E-state index contributed by atoms with van der Waals surface area (Å²) in [6.45, 7) is 4.32. The van der Waals surface area contributed by atoms with Gasteiger partial charge in [0, 0.05) is 13.6 Å². The molecule has 2 amide bonds. The maximum absolute atomic E-state index is 13.1. The number of para-hydroxylation sites is 2. The second-order valence-electron chi connectivity index (χ2n) is 7.46. The number of aryl methyl sites for hydroxylation is 1. The fraction of sp³-hybridized carbons (Fsp3) is 0.231. The maximum Gasteiger partial charge on any atom is 0.265 e. The number of carbonyl (C=O) groups is 2. The highest BCUT2D eigenvalue weighted by Gasteiger charge is 2.22. The average molecular weight is 417 g/mol. The summed E-state index contributed by atoms with van der Waals surface area (Å²) in [6, 6.07) is 24.4. The van der Waals surface area contributed by atoms with Gasteiger partial charge in [0.25, 0.3) is 11.8 Å². The summed E-state index contributed by atoms with van der Waals surface area (Å²) in [5.41, 5.74) is 2.92. The Balaban J connectivity index is 1.73. The Morgan fingerprint density at radius 1 is 0.935 bits per heavy atom. The fourth-order valence-electron chi connectivity index (χ4n) is 3.29. The molecule has 31 heavy (non-hydrogen) atoms. The summed E-state index contributed by atoms with van der Waals surface area (Å²) in [7, 11) is 1.75. The molecule has 1 unspecified atom stereocenters. The molecule has 5 heteroatoms. The van der Waals surface area contributed by atoms with Crippen molar-refractivity contribution >= 4 is 17.5 Å². The van der Waals surface area contributed by atoms with Gasteiger partial charge in [0.2, 0.25) is 0 Å². The van der Waals surface area contributed by atoms with E-state index in [4.69, 9.17) is 4.74 Å². The van der Waals surface area contributed by atoms with Crippen molar-refractivity contribution in [2.75, 3.05) is 12.4 Å². The normalized spacial score (nSPS) is 11.5. The van der Waals surface area contributed by atoms with Crippen molar-refractivity contribution in [3.63, 3.8) is 0 Å².